The van der Waals surface area contributed by atoms with Crippen LogP contribution in [-0.4, -0.2) is 30.6 Å². The first-order valence-electron chi connectivity index (χ1n) is 6.45. The van der Waals surface area contributed by atoms with Crippen LogP contribution in [0.1, 0.15) is 18.4 Å². The summed E-state index contributed by atoms with van der Waals surface area (Å²) in [6.07, 6.45) is 2.41. The number of nitrogens with one attached hydrogen (secondary N) is 1. The summed E-state index contributed by atoms with van der Waals surface area (Å²) in [5.74, 6) is 0.216. The smallest absolute Gasteiger partial charge is 0.143 e. The van der Waals surface area contributed by atoms with E-state index in [1.807, 2.05) is 6.07 Å². The molecule has 0 spiro atoms. The third-order valence-corrected chi connectivity index (χ3v) is 4.12. The molecule has 3 aliphatic rings. The van der Waals surface area contributed by atoms with E-state index in [2.05, 4.69) is 10.2 Å². The molecule has 4 heteroatoms. The van der Waals surface area contributed by atoms with Crippen LogP contribution in [0.5, 0.6) is 0 Å². The van der Waals surface area contributed by atoms with Gasteiger partial charge in [-0.3, -0.25) is 0 Å². The van der Waals surface area contributed by atoms with Gasteiger partial charge in [0.25, 0.3) is 0 Å². The second-order valence-corrected chi connectivity index (χ2v) is 5.16. The van der Waals surface area contributed by atoms with Gasteiger partial charge in [0.15, 0.2) is 0 Å². The van der Waals surface area contributed by atoms with Crippen molar-refractivity contribution in [2.45, 2.75) is 18.9 Å². The number of anilines is 1. The fourth-order valence-corrected chi connectivity index (χ4v) is 3.09. The Labute approximate surface area is 106 Å². The number of benzene rings is 1. The van der Waals surface area contributed by atoms with Crippen molar-refractivity contribution in [1.82, 2.24) is 4.90 Å². The summed E-state index contributed by atoms with van der Waals surface area (Å²) in [6.45, 7) is 3.36. The fourth-order valence-electron chi connectivity index (χ4n) is 3.09. The molecular formula is C14H16FN3. The molecule has 0 saturated carbocycles. The Morgan fingerprint density at radius 2 is 2.11 bits per heavy atom. The zero-order valence-electron chi connectivity index (χ0n) is 10.2. The van der Waals surface area contributed by atoms with Crippen molar-refractivity contribution < 1.29 is 4.39 Å². The molecule has 0 radical (unpaired) electrons. The largest absolute Gasteiger partial charge is 0.380 e. The van der Waals surface area contributed by atoms with Crippen molar-refractivity contribution in [1.29, 1.82) is 5.26 Å². The summed E-state index contributed by atoms with van der Waals surface area (Å²) in [4.78, 5) is 2.43. The minimum absolute atomic E-state index is 0.133. The molecule has 0 aliphatic carbocycles. The van der Waals surface area contributed by atoms with Gasteiger partial charge in [-0.25, -0.2) is 4.39 Å². The summed E-state index contributed by atoms with van der Waals surface area (Å²) < 4.78 is 13.5. The molecule has 1 atom stereocenters. The van der Waals surface area contributed by atoms with Crippen LogP contribution in [0.2, 0.25) is 0 Å². The average Bonchev–Trinajstić information content (AvgIpc) is 2.40. The number of nitrogens with zero attached hydrogens (tertiary/aromatic N) is 2. The zero-order valence-corrected chi connectivity index (χ0v) is 10.2. The molecule has 1 aromatic carbocycles. The lowest BCUT2D eigenvalue weighted by Gasteiger charge is -2.45. The summed E-state index contributed by atoms with van der Waals surface area (Å²) in [7, 11) is 0. The van der Waals surface area contributed by atoms with Gasteiger partial charge in [0.05, 0.1) is 5.69 Å². The van der Waals surface area contributed by atoms with Gasteiger partial charge in [-0.1, -0.05) is 6.07 Å². The molecule has 18 heavy (non-hydrogen) atoms. The quantitative estimate of drug-likeness (QED) is 0.868. The van der Waals surface area contributed by atoms with Crippen LogP contribution in [0.4, 0.5) is 10.1 Å². The lowest BCUT2D eigenvalue weighted by atomic mass is 9.84. The SMILES string of the molecule is N#Cc1c(F)cccc1NC1CN2CCC1CC2. The highest BCUT2D eigenvalue weighted by Crippen LogP contribution is 2.30. The topological polar surface area (TPSA) is 39.1 Å². The first-order chi connectivity index (χ1) is 8.78. The van der Waals surface area contributed by atoms with Crippen LogP contribution in [0.25, 0.3) is 0 Å². The van der Waals surface area contributed by atoms with E-state index in [4.69, 9.17) is 5.26 Å². The minimum atomic E-state index is -0.441. The lowest BCUT2D eigenvalue weighted by Crippen LogP contribution is -2.53. The molecular weight excluding hydrogens is 229 g/mol. The van der Waals surface area contributed by atoms with E-state index in [0.717, 1.165) is 6.54 Å². The normalized spacial score (nSPS) is 29.9. The van der Waals surface area contributed by atoms with Crippen molar-refractivity contribution in [2.75, 3.05) is 25.0 Å². The molecule has 3 aliphatic heterocycles. The Morgan fingerprint density at radius 3 is 2.72 bits per heavy atom. The third-order valence-electron chi connectivity index (χ3n) is 4.12. The van der Waals surface area contributed by atoms with Gasteiger partial charge in [-0.15, -0.1) is 0 Å². The first kappa shape index (κ1) is 11.5. The van der Waals surface area contributed by atoms with Crippen LogP contribution in [0.3, 0.4) is 0 Å². The van der Waals surface area contributed by atoms with Gasteiger partial charge in [-0.05, 0) is 44.0 Å². The van der Waals surface area contributed by atoms with E-state index in [0.29, 0.717) is 17.6 Å². The van der Waals surface area contributed by atoms with E-state index in [1.165, 1.54) is 32.0 Å². The minimum Gasteiger partial charge on any atom is -0.380 e. The fraction of sp³-hybridized carbons (Fsp3) is 0.500. The van der Waals surface area contributed by atoms with Gasteiger partial charge in [0, 0.05) is 12.6 Å². The summed E-state index contributed by atoms with van der Waals surface area (Å²) >= 11 is 0. The van der Waals surface area contributed by atoms with Gasteiger partial charge in [-0.2, -0.15) is 5.26 Å². The predicted octanol–water partition coefficient (Wildman–Crippen LogP) is 2.20. The second-order valence-electron chi connectivity index (χ2n) is 5.16. The highest BCUT2D eigenvalue weighted by atomic mass is 19.1. The van der Waals surface area contributed by atoms with E-state index in [1.54, 1.807) is 12.1 Å². The Balaban J connectivity index is 1.81. The highest BCUT2D eigenvalue weighted by Gasteiger charge is 2.34. The van der Waals surface area contributed by atoms with E-state index >= 15 is 0 Å². The molecule has 1 aromatic rings. The van der Waals surface area contributed by atoms with Gasteiger partial charge < -0.3 is 10.2 Å². The Kier molecular flexibility index (Phi) is 2.92. The first-order valence-corrected chi connectivity index (χ1v) is 6.45. The number of piperidine rings is 3. The molecule has 1 unspecified atom stereocenters. The third kappa shape index (κ3) is 1.95. The standard InChI is InChI=1S/C14H16FN3/c15-12-2-1-3-13(11(12)8-16)17-14-9-18-6-4-10(14)5-7-18/h1-3,10,14,17H,4-7,9H2. The maximum atomic E-state index is 13.5. The van der Waals surface area contributed by atoms with Gasteiger partial charge in [0.2, 0.25) is 0 Å². The molecule has 0 aromatic heterocycles. The number of nitriles is 1. The molecule has 94 valence electrons. The Hall–Kier alpha value is -1.60. The van der Waals surface area contributed by atoms with Gasteiger partial charge >= 0.3 is 0 Å². The van der Waals surface area contributed by atoms with Crippen molar-refractivity contribution in [3.8, 4) is 6.07 Å². The van der Waals surface area contributed by atoms with Crippen LogP contribution in [-0.2, 0) is 0 Å². The second kappa shape index (κ2) is 4.58. The Morgan fingerprint density at radius 1 is 1.33 bits per heavy atom. The van der Waals surface area contributed by atoms with Crippen molar-refractivity contribution in [2.24, 2.45) is 5.92 Å². The van der Waals surface area contributed by atoms with E-state index in [9.17, 15) is 4.39 Å². The molecule has 3 nitrogen and oxygen atoms in total. The number of hydrogen-bond acceptors (Lipinski definition) is 3. The highest BCUT2D eigenvalue weighted by molar-refractivity contribution is 5.58. The van der Waals surface area contributed by atoms with Crippen molar-refractivity contribution >= 4 is 5.69 Å². The van der Waals surface area contributed by atoms with Crippen LogP contribution in [0, 0.1) is 23.1 Å². The predicted molar refractivity (Wildman–Crippen MR) is 67.7 cm³/mol. The monoisotopic (exact) mass is 245 g/mol. The van der Waals surface area contributed by atoms with Crippen LogP contribution >= 0.6 is 0 Å². The summed E-state index contributed by atoms with van der Waals surface area (Å²) in [5.41, 5.74) is 0.769. The summed E-state index contributed by atoms with van der Waals surface area (Å²) in [6, 6.07) is 7.07. The van der Waals surface area contributed by atoms with E-state index < -0.39 is 5.82 Å². The molecule has 3 heterocycles. The molecule has 2 bridgehead atoms. The zero-order chi connectivity index (χ0) is 12.5. The van der Waals surface area contributed by atoms with Crippen molar-refractivity contribution in [3.05, 3.63) is 29.6 Å². The molecule has 3 fully saturated rings. The van der Waals surface area contributed by atoms with E-state index in [-0.39, 0.29) is 5.56 Å². The molecule has 0 amide bonds. The number of hydrogen-bond donors (Lipinski definition) is 1. The lowest BCUT2D eigenvalue weighted by molar-refractivity contribution is 0.0975. The van der Waals surface area contributed by atoms with Gasteiger partial charge in [0.1, 0.15) is 17.4 Å². The number of rotatable bonds is 2. The summed E-state index contributed by atoms with van der Waals surface area (Å²) in [5, 5.41) is 12.4. The molecule has 4 rings (SSSR count). The molecule has 1 N–H and O–H groups in total. The average molecular weight is 245 g/mol. The number of fused-ring (bicyclic) bond motifs is 3. The van der Waals surface area contributed by atoms with Crippen molar-refractivity contribution in [3.63, 3.8) is 0 Å². The Bertz CT molecular complexity index is 486. The molecule has 3 saturated heterocycles. The number of halogens is 1. The van der Waals surface area contributed by atoms with Crippen LogP contribution in [0.15, 0.2) is 18.2 Å². The van der Waals surface area contributed by atoms with Crippen LogP contribution < -0.4 is 5.32 Å². The maximum Gasteiger partial charge on any atom is 0.143 e. The maximum absolute atomic E-state index is 13.5.